The van der Waals surface area contributed by atoms with Gasteiger partial charge in [-0.3, -0.25) is 0 Å². The summed E-state index contributed by atoms with van der Waals surface area (Å²) in [5, 5.41) is 9.79. The summed E-state index contributed by atoms with van der Waals surface area (Å²) in [7, 11) is 3.06. The van der Waals surface area contributed by atoms with Gasteiger partial charge < -0.3 is 24.2 Å². The first-order valence-corrected chi connectivity index (χ1v) is 9.65. The Kier molecular flexibility index (Phi) is 8.55. The summed E-state index contributed by atoms with van der Waals surface area (Å²) in [5.74, 6) is 0.635. The van der Waals surface area contributed by atoms with Crippen molar-refractivity contribution in [2.24, 2.45) is 0 Å². The molecule has 0 bridgehead atoms. The molecule has 0 heterocycles. The topological polar surface area (TPSA) is 68.2 Å². The highest BCUT2D eigenvalue weighted by molar-refractivity contribution is 6.21. The minimum absolute atomic E-state index is 0.144. The fraction of sp³-hybridized carbons (Fsp3) is 0.348. The number of nitrogens with zero attached hydrogens (tertiary/aromatic N) is 1. The van der Waals surface area contributed by atoms with Crippen molar-refractivity contribution in [3.05, 3.63) is 53.6 Å². The minimum Gasteiger partial charge on any atom is -0.493 e. The lowest BCUT2D eigenvalue weighted by Gasteiger charge is -2.18. The van der Waals surface area contributed by atoms with Crippen LogP contribution in [0.25, 0.3) is 11.6 Å². The number of methoxy groups -OCH3 is 2. The lowest BCUT2D eigenvalue weighted by Crippen LogP contribution is -2.28. The van der Waals surface area contributed by atoms with Gasteiger partial charge in [0.15, 0.2) is 11.5 Å². The zero-order valence-electron chi connectivity index (χ0n) is 17.5. The maximum absolute atomic E-state index is 12.0. The Labute approximate surface area is 172 Å². The van der Waals surface area contributed by atoms with Gasteiger partial charge in [-0.25, -0.2) is 4.79 Å². The van der Waals surface area contributed by atoms with Gasteiger partial charge in [-0.15, -0.1) is 0 Å². The first kappa shape index (κ1) is 22.3. The van der Waals surface area contributed by atoms with Crippen molar-refractivity contribution in [3.8, 4) is 17.2 Å². The zero-order chi connectivity index (χ0) is 21.2. The summed E-state index contributed by atoms with van der Waals surface area (Å²) in [6.07, 6.45) is 1.62. The van der Waals surface area contributed by atoms with E-state index in [-0.39, 0.29) is 5.57 Å². The van der Waals surface area contributed by atoms with Crippen molar-refractivity contribution in [3.63, 3.8) is 0 Å². The molecule has 0 atom stereocenters. The molecule has 156 valence electrons. The molecule has 0 aliphatic carbocycles. The number of ether oxygens (including phenoxy) is 3. The average molecular weight is 399 g/mol. The van der Waals surface area contributed by atoms with Crippen LogP contribution in [0.15, 0.2) is 42.5 Å². The summed E-state index contributed by atoms with van der Waals surface area (Å²) in [5.41, 5.74) is 1.37. The average Bonchev–Trinajstić information content (AvgIpc) is 2.75. The molecular weight excluding hydrogens is 370 g/mol. The Balaban J connectivity index is 2.33. The van der Waals surface area contributed by atoms with E-state index >= 15 is 0 Å². The fourth-order valence-electron chi connectivity index (χ4n) is 2.98. The number of para-hydroxylation sites is 1. The molecule has 0 saturated carbocycles. The molecule has 0 unspecified atom stereocenters. The number of carbonyl (C=O) groups is 1. The normalized spacial score (nSPS) is 11.4. The van der Waals surface area contributed by atoms with Crippen LogP contribution in [0, 0.1) is 0 Å². The molecule has 6 nitrogen and oxygen atoms in total. The summed E-state index contributed by atoms with van der Waals surface area (Å²) in [6.45, 7) is 7.50. The first-order valence-electron chi connectivity index (χ1n) is 9.65. The van der Waals surface area contributed by atoms with Gasteiger partial charge in [0.1, 0.15) is 12.4 Å². The number of hydrogen-bond donors (Lipinski definition) is 1. The van der Waals surface area contributed by atoms with E-state index in [1.165, 1.54) is 14.2 Å². The van der Waals surface area contributed by atoms with Crippen LogP contribution < -0.4 is 14.2 Å². The van der Waals surface area contributed by atoms with E-state index in [9.17, 15) is 9.90 Å². The van der Waals surface area contributed by atoms with Gasteiger partial charge >= 0.3 is 5.97 Å². The largest absolute Gasteiger partial charge is 0.493 e. The molecule has 0 radical (unpaired) electrons. The molecule has 0 fully saturated rings. The van der Waals surface area contributed by atoms with Crippen LogP contribution in [0.1, 0.15) is 25.0 Å². The van der Waals surface area contributed by atoms with Crippen LogP contribution in [-0.2, 0) is 4.79 Å². The molecule has 0 aromatic heterocycles. The summed E-state index contributed by atoms with van der Waals surface area (Å²) in [4.78, 5) is 14.2. The molecule has 0 aliphatic rings. The molecule has 0 spiro atoms. The number of carboxylic acid groups (broad SMARTS) is 1. The lowest BCUT2D eigenvalue weighted by molar-refractivity contribution is -0.130. The molecular formula is C23H29NO5. The van der Waals surface area contributed by atoms with Crippen molar-refractivity contribution < 1.29 is 24.1 Å². The highest BCUT2D eigenvalue weighted by atomic mass is 16.5. The van der Waals surface area contributed by atoms with Crippen LogP contribution in [0.2, 0.25) is 0 Å². The lowest BCUT2D eigenvalue weighted by atomic mass is 10.0. The number of hydrogen-bond acceptors (Lipinski definition) is 5. The van der Waals surface area contributed by atoms with Crippen molar-refractivity contribution in [1.29, 1.82) is 0 Å². The van der Waals surface area contributed by atoms with Gasteiger partial charge in [-0.05, 0) is 42.9 Å². The molecule has 2 aromatic rings. The maximum atomic E-state index is 12.0. The minimum atomic E-state index is -1.03. The third-order valence-electron chi connectivity index (χ3n) is 4.70. The molecule has 29 heavy (non-hydrogen) atoms. The summed E-state index contributed by atoms with van der Waals surface area (Å²) < 4.78 is 16.5. The second kappa shape index (κ2) is 11.1. The van der Waals surface area contributed by atoms with E-state index in [2.05, 4.69) is 18.7 Å². The predicted molar refractivity (Wildman–Crippen MR) is 115 cm³/mol. The predicted octanol–water partition coefficient (Wildman–Crippen LogP) is 4.05. The molecule has 2 aromatic carbocycles. The summed E-state index contributed by atoms with van der Waals surface area (Å²) >= 11 is 0. The molecule has 2 rings (SSSR count). The van der Waals surface area contributed by atoms with Gasteiger partial charge in [0.25, 0.3) is 0 Å². The van der Waals surface area contributed by atoms with E-state index in [0.717, 1.165) is 19.6 Å². The monoisotopic (exact) mass is 399 g/mol. The van der Waals surface area contributed by atoms with E-state index in [1.54, 1.807) is 24.3 Å². The highest BCUT2D eigenvalue weighted by Gasteiger charge is 2.15. The van der Waals surface area contributed by atoms with Crippen LogP contribution in [-0.4, -0.2) is 56.4 Å². The standard InChI is InChI=1S/C23H29NO5/c1-5-24(6-2)13-14-29-20-10-8-7-9-18(20)15-19(23(25)26)17-11-12-21(27-3)22(16-17)28-4/h7-12,15-16H,5-6,13-14H2,1-4H3,(H,25,26)/b19-15-. The quantitative estimate of drug-likeness (QED) is 0.454. The zero-order valence-corrected chi connectivity index (χ0v) is 17.5. The van der Waals surface area contributed by atoms with E-state index in [0.29, 0.717) is 35.0 Å². The van der Waals surface area contributed by atoms with E-state index < -0.39 is 5.97 Å². The van der Waals surface area contributed by atoms with Crippen LogP contribution >= 0.6 is 0 Å². The Morgan fingerprint density at radius 1 is 1.00 bits per heavy atom. The molecule has 0 saturated heterocycles. The van der Waals surface area contributed by atoms with Crippen LogP contribution in [0.4, 0.5) is 0 Å². The molecule has 1 N–H and O–H groups in total. The highest BCUT2D eigenvalue weighted by Crippen LogP contribution is 2.32. The number of rotatable bonds is 11. The molecule has 0 aliphatic heterocycles. The smallest absolute Gasteiger partial charge is 0.336 e. The number of benzene rings is 2. The summed E-state index contributed by atoms with van der Waals surface area (Å²) in [6, 6.07) is 12.5. The second-order valence-corrected chi connectivity index (χ2v) is 6.35. The second-order valence-electron chi connectivity index (χ2n) is 6.35. The number of aliphatic carboxylic acids is 1. The number of likely N-dealkylation sites (N-methyl/N-ethyl adjacent to an activating group) is 1. The van der Waals surface area contributed by atoms with Gasteiger partial charge in [0, 0.05) is 12.1 Å². The van der Waals surface area contributed by atoms with Gasteiger partial charge in [0.05, 0.1) is 19.8 Å². The third-order valence-corrected chi connectivity index (χ3v) is 4.70. The van der Waals surface area contributed by atoms with Crippen molar-refractivity contribution in [1.82, 2.24) is 4.90 Å². The Hall–Kier alpha value is -2.99. The van der Waals surface area contributed by atoms with Crippen LogP contribution in [0.3, 0.4) is 0 Å². The maximum Gasteiger partial charge on any atom is 0.336 e. The van der Waals surface area contributed by atoms with Gasteiger partial charge in [-0.1, -0.05) is 38.1 Å². The Morgan fingerprint density at radius 3 is 2.31 bits per heavy atom. The van der Waals surface area contributed by atoms with Crippen LogP contribution in [0.5, 0.6) is 17.2 Å². The third kappa shape index (κ3) is 5.99. The van der Waals surface area contributed by atoms with Gasteiger partial charge in [0.2, 0.25) is 0 Å². The van der Waals surface area contributed by atoms with Crippen molar-refractivity contribution in [2.45, 2.75) is 13.8 Å². The SMILES string of the molecule is CCN(CC)CCOc1ccccc1/C=C(\C(=O)O)c1ccc(OC)c(OC)c1. The van der Waals surface area contributed by atoms with Crippen molar-refractivity contribution >= 4 is 17.6 Å². The van der Waals surface area contributed by atoms with Crippen molar-refractivity contribution in [2.75, 3.05) is 40.5 Å². The van der Waals surface area contributed by atoms with Gasteiger partial charge in [-0.2, -0.15) is 0 Å². The molecule has 0 amide bonds. The fourth-order valence-corrected chi connectivity index (χ4v) is 2.98. The first-order chi connectivity index (χ1) is 14.0. The number of carboxylic acids is 1. The van der Waals surface area contributed by atoms with E-state index in [1.807, 2.05) is 24.3 Å². The Morgan fingerprint density at radius 2 is 1.69 bits per heavy atom. The van der Waals surface area contributed by atoms with E-state index in [4.69, 9.17) is 14.2 Å². The molecule has 6 heteroatoms. The Bertz CT molecular complexity index is 843.